The first-order valence-electron chi connectivity index (χ1n) is 6.96. The Balaban J connectivity index is 2.38. The zero-order valence-electron chi connectivity index (χ0n) is 13.0. The molecule has 0 atom stereocenters. The van der Waals surface area contributed by atoms with Crippen molar-refractivity contribution in [3.63, 3.8) is 0 Å². The lowest BCUT2D eigenvalue weighted by Gasteiger charge is -2.50. The van der Waals surface area contributed by atoms with Crippen LogP contribution in [0.4, 0.5) is 0 Å². The van der Waals surface area contributed by atoms with E-state index in [9.17, 15) is 0 Å². The summed E-state index contributed by atoms with van der Waals surface area (Å²) < 4.78 is 0. The van der Waals surface area contributed by atoms with Gasteiger partial charge in [0.2, 0.25) is 0 Å². The molecule has 1 aliphatic rings. The average molecular weight is 258 g/mol. The zero-order chi connectivity index (χ0) is 14.3. The van der Waals surface area contributed by atoms with Crippen molar-refractivity contribution in [3.05, 3.63) is 48.3 Å². The van der Waals surface area contributed by atoms with Gasteiger partial charge >= 0.3 is 0 Å². The Morgan fingerprint density at radius 1 is 0.842 bits per heavy atom. The molecule has 0 bridgehead atoms. The van der Waals surface area contributed by atoms with Crippen LogP contribution in [0, 0.1) is 5.41 Å². The van der Waals surface area contributed by atoms with Gasteiger partial charge in [0.25, 0.3) is 0 Å². The van der Waals surface area contributed by atoms with Gasteiger partial charge in [0.05, 0.1) is 0 Å². The SMILES string of the molecule is CN1C=CN(C)C1C(C)(C)C(C)(C)c1ccccc1. The van der Waals surface area contributed by atoms with Crippen LogP contribution in [0.1, 0.15) is 33.3 Å². The molecule has 0 aromatic heterocycles. The molecule has 1 aliphatic heterocycles. The van der Waals surface area contributed by atoms with Gasteiger partial charge in [-0.1, -0.05) is 58.0 Å². The Labute approximate surface area is 117 Å². The first kappa shape index (κ1) is 14.0. The molecule has 0 fully saturated rings. The summed E-state index contributed by atoms with van der Waals surface area (Å²) in [4.78, 5) is 4.62. The molecule has 1 aromatic carbocycles. The van der Waals surface area contributed by atoms with E-state index in [2.05, 4.69) is 94.3 Å². The van der Waals surface area contributed by atoms with Gasteiger partial charge in [-0.25, -0.2) is 0 Å². The van der Waals surface area contributed by atoms with Crippen LogP contribution < -0.4 is 0 Å². The standard InChI is InChI=1S/C17H26N2/c1-16(2,14-10-8-7-9-11-14)17(3,4)15-18(5)12-13-19(15)6/h7-13,15H,1-6H3. The van der Waals surface area contributed by atoms with Gasteiger partial charge < -0.3 is 9.80 Å². The lowest BCUT2D eigenvalue weighted by molar-refractivity contribution is 0.0135. The van der Waals surface area contributed by atoms with Gasteiger partial charge in [0.15, 0.2) is 0 Å². The van der Waals surface area contributed by atoms with Gasteiger partial charge in [-0.2, -0.15) is 0 Å². The van der Waals surface area contributed by atoms with Crippen LogP contribution in [0.2, 0.25) is 0 Å². The summed E-state index contributed by atoms with van der Waals surface area (Å²) >= 11 is 0. The maximum atomic E-state index is 2.37. The molecule has 0 radical (unpaired) electrons. The summed E-state index contributed by atoms with van der Waals surface area (Å²) in [6, 6.07) is 10.8. The maximum Gasteiger partial charge on any atom is 0.106 e. The van der Waals surface area contributed by atoms with Crippen molar-refractivity contribution in [2.45, 2.75) is 39.3 Å². The smallest absolute Gasteiger partial charge is 0.106 e. The third-order valence-electron chi connectivity index (χ3n) is 5.06. The summed E-state index contributed by atoms with van der Waals surface area (Å²) in [5.74, 6) is 0. The summed E-state index contributed by atoms with van der Waals surface area (Å²) in [5.41, 5.74) is 1.60. The molecule has 0 N–H and O–H groups in total. The third-order valence-corrected chi connectivity index (χ3v) is 5.06. The van der Waals surface area contributed by atoms with Gasteiger partial charge in [-0.15, -0.1) is 0 Å². The predicted molar refractivity (Wildman–Crippen MR) is 81.7 cm³/mol. The van der Waals surface area contributed by atoms with Gasteiger partial charge in [0, 0.05) is 31.9 Å². The molecule has 0 saturated carbocycles. The monoisotopic (exact) mass is 258 g/mol. The van der Waals surface area contributed by atoms with Crippen molar-refractivity contribution in [2.24, 2.45) is 5.41 Å². The largest absolute Gasteiger partial charge is 0.359 e. The number of benzene rings is 1. The number of hydrogen-bond acceptors (Lipinski definition) is 2. The van der Waals surface area contributed by atoms with E-state index in [0.717, 1.165) is 0 Å². The fourth-order valence-corrected chi connectivity index (χ4v) is 3.23. The second-order valence-electron chi connectivity index (χ2n) is 6.72. The second kappa shape index (κ2) is 4.59. The molecule has 0 unspecified atom stereocenters. The first-order chi connectivity index (χ1) is 8.78. The highest BCUT2D eigenvalue weighted by Gasteiger charge is 2.47. The van der Waals surface area contributed by atoms with Gasteiger partial charge in [0.1, 0.15) is 6.17 Å². The zero-order valence-corrected chi connectivity index (χ0v) is 13.0. The van der Waals surface area contributed by atoms with E-state index in [1.54, 1.807) is 0 Å². The Morgan fingerprint density at radius 3 is 1.79 bits per heavy atom. The lowest BCUT2D eigenvalue weighted by atomic mass is 9.62. The first-order valence-corrected chi connectivity index (χ1v) is 6.96. The van der Waals surface area contributed by atoms with E-state index in [1.807, 2.05) is 0 Å². The lowest BCUT2D eigenvalue weighted by Crippen LogP contribution is -2.54. The van der Waals surface area contributed by atoms with Crippen LogP contribution in [-0.2, 0) is 5.41 Å². The highest BCUT2D eigenvalue weighted by molar-refractivity contribution is 5.27. The van der Waals surface area contributed by atoms with E-state index in [1.165, 1.54) is 5.56 Å². The molecule has 1 heterocycles. The maximum absolute atomic E-state index is 2.37. The highest BCUT2D eigenvalue weighted by atomic mass is 15.4. The van der Waals surface area contributed by atoms with Crippen molar-refractivity contribution in [2.75, 3.05) is 14.1 Å². The second-order valence-corrected chi connectivity index (χ2v) is 6.72. The third kappa shape index (κ3) is 2.13. The van der Waals surface area contributed by atoms with Crippen LogP contribution in [-0.4, -0.2) is 30.1 Å². The summed E-state index contributed by atoms with van der Waals surface area (Å²) in [6.07, 6.45) is 4.70. The van der Waals surface area contributed by atoms with E-state index >= 15 is 0 Å². The minimum atomic E-state index is 0.0907. The van der Waals surface area contributed by atoms with Crippen molar-refractivity contribution in [1.29, 1.82) is 0 Å². The van der Waals surface area contributed by atoms with Crippen LogP contribution >= 0.6 is 0 Å². The molecule has 2 rings (SSSR count). The Kier molecular flexibility index (Phi) is 3.38. The number of hydrogen-bond donors (Lipinski definition) is 0. The number of nitrogens with zero attached hydrogens (tertiary/aromatic N) is 2. The molecule has 0 saturated heterocycles. The average Bonchev–Trinajstić information content (AvgIpc) is 2.70. The van der Waals surface area contributed by atoms with Crippen molar-refractivity contribution in [1.82, 2.24) is 9.80 Å². The number of rotatable bonds is 3. The molecular formula is C17H26N2. The Bertz CT molecular complexity index is 447. The molecule has 2 heteroatoms. The van der Waals surface area contributed by atoms with E-state index < -0.39 is 0 Å². The van der Waals surface area contributed by atoms with E-state index in [4.69, 9.17) is 0 Å². The molecule has 0 amide bonds. The Morgan fingerprint density at radius 2 is 1.32 bits per heavy atom. The summed E-state index contributed by atoms with van der Waals surface area (Å²) in [7, 11) is 4.32. The topological polar surface area (TPSA) is 6.48 Å². The van der Waals surface area contributed by atoms with Gasteiger partial charge in [-0.05, 0) is 11.0 Å². The van der Waals surface area contributed by atoms with Gasteiger partial charge in [-0.3, -0.25) is 0 Å². The van der Waals surface area contributed by atoms with Crippen LogP contribution in [0.25, 0.3) is 0 Å². The fraction of sp³-hybridized carbons (Fsp3) is 0.529. The van der Waals surface area contributed by atoms with Crippen molar-refractivity contribution in [3.8, 4) is 0 Å². The molecule has 19 heavy (non-hydrogen) atoms. The molecule has 0 aliphatic carbocycles. The van der Waals surface area contributed by atoms with Crippen LogP contribution in [0.3, 0.4) is 0 Å². The Hall–Kier alpha value is -1.44. The molecule has 104 valence electrons. The highest BCUT2D eigenvalue weighted by Crippen LogP contribution is 2.46. The fourth-order valence-electron chi connectivity index (χ4n) is 3.23. The summed E-state index contributed by atoms with van der Waals surface area (Å²) in [5, 5.41) is 0. The van der Waals surface area contributed by atoms with E-state index in [0.29, 0.717) is 6.17 Å². The molecule has 2 nitrogen and oxygen atoms in total. The minimum absolute atomic E-state index is 0.0907. The molecular weight excluding hydrogens is 232 g/mol. The summed E-state index contributed by atoms with van der Waals surface area (Å²) in [6.45, 7) is 9.43. The van der Waals surface area contributed by atoms with Crippen molar-refractivity contribution < 1.29 is 0 Å². The van der Waals surface area contributed by atoms with E-state index in [-0.39, 0.29) is 10.8 Å². The van der Waals surface area contributed by atoms with Crippen LogP contribution in [0.15, 0.2) is 42.7 Å². The van der Waals surface area contributed by atoms with Crippen molar-refractivity contribution >= 4 is 0 Å². The minimum Gasteiger partial charge on any atom is -0.359 e. The normalized spacial score (nSPS) is 17.4. The quantitative estimate of drug-likeness (QED) is 0.816. The molecule has 1 aromatic rings. The molecule has 0 spiro atoms. The predicted octanol–water partition coefficient (Wildman–Crippen LogP) is 3.66. The van der Waals surface area contributed by atoms with Crippen LogP contribution in [0.5, 0.6) is 0 Å².